The lowest BCUT2D eigenvalue weighted by molar-refractivity contribution is 0.102. The van der Waals surface area contributed by atoms with Gasteiger partial charge < -0.3 is 0 Å². The Morgan fingerprint density at radius 1 is 1.09 bits per heavy atom. The van der Waals surface area contributed by atoms with E-state index in [9.17, 15) is 4.79 Å². The molecule has 3 rings (SSSR count). The van der Waals surface area contributed by atoms with Crippen molar-refractivity contribution >= 4 is 33.5 Å². The molecule has 110 valence electrons. The van der Waals surface area contributed by atoms with Gasteiger partial charge in [0.25, 0.3) is 0 Å². The molecule has 0 saturated heterocycles. The fourth-order valence-corrected chi connectivity index (χ4v) is 2.83. The fourth-order valence-electron chi connectivity index (χ4n) is 1.87. The maximum atomic E-state index is 12.1. The summed E-state index contributed by atoms with van der Waals surface area (Å²) in [6.07, 6.45) is 1.65. The van der Waals surface area contributed by atoms with Gasteiger partial charge in [-0.05, 0) is 24.3 Å². The monoisotopic (exact) mass is 373 g/mol. The van der Waals surface area contributed by atoms with Gasteiger partial charge in [-0.3, -0.25) is 4.79 Å². The molecule has 3 aromatic rings. The van der Waals surface area contributed by atoms with E-state index in [0.717, 1.165) is 10.2 Å². The molecule has 0 radical (unpaired) electrons. The van der Waals surface area contributed by atoms with Crippen LogP contribution in [0.3, 0.4) is 0 Å². The molecule has 0 atom stereocenters. The topological polar surface area (TPSA) is 47.8 Å². The molecule has 0 saturated carbocycles. The number of nitrogens with zero attached hydrogens (tertiary/aromatic N) is 3. The smallest absolute Gasteiger partial charge is 0.209 e. The molecular weight excluding hydrogens is 362 g/mol. The number of Topliss-reactive ketones (excluding diaryl/α,β-unsaturated/α-hetero) is 1. The highest BCUT2D eigenvalue weighted by Crippen LogP contribution is 2.17. The number of thioether (sulfide) groups is 1. The summed E-state index contributed by atoms with van der Waals surface area (Å²) in [6.45, 7) is 0. The zero-order valence-electron chi connectivity index (χ0n) is 11.5. The highest BCUT2D eigenvalue weighted by molar-refractivity contribution is 9.10. The van der Waals surface area contributed by atoms with E-state index in [1.165, 1.54) is 11.8 Å². The molecule has 22 heavy (non-hydrogen) atoms. The van der Waals surface area contributed by atoms with Gasteiger partial charge in [-0.2, -0.15) is 0 Å². The van der Waals surface area contributed by atoms with Gasteiger partial charge in [0.15, 0.2) is 5.78 Å². The van der Waals surface area contributed by atoms with Crippen LogP contribution in [0.2, 0.25) is 0 Å². The number of aromatic nitrogens is 3. The normalized spacial score (nSPS) is 10.6. The molecule has 2 aromatic carbocycles. The SMILES string of the molecule is O=C(CSc1ncn(-c2ccccc2)n1)c1ccc(Br)cc1. The van der Waals surface area contributed by atoms with Crippen LogP contribution in [0.25, 0.3) is 5.69 Å². The highest BCUT2D eigenvalue weighted by Gasteiger charge is 2.09. The van der Waals surface area contributed by atoms with Crippen LogP contribution < -0.4 is 0 Å². The Morgan fingerprint density at radius 2 is 1.82 bits per heavy atom. The van der Waals surface area contributed by atoms with E-state index in [1.807, 2.05) is 54.6 Å². The molecule has 1 heterocycles. The van der Waals surface area contributed by atoms with Crippen LogP contribution in [-0.4, -0.2) is 26.3 Å². The Kier molecular flexibility index (Phi) is 4.70. The molecule has 0 aliphatic heterocycles. The average molecular weight is 374 g/mol. The predicted octanol–water partition coefficient (Wildman–Crippen LogP) is 4.00. The molecule has 1 aromatic heterocycles. The van der Waals surface area contributed by atoms with Gasteiger partial charge in [-0.15, -0.1) is 5.10 Å². The van der Waals surface area contributed by atoms with Crippen molar-refractivity contribution in [2.45, 2.75) is 5.16 Å². The Bertz CT molecular complexity index is 772. The highest BCUT2D eigenvalue weighted by atomic mass is 79.9. The molecule has 6 heteroatoms. The van der Waals surface area contributed by atoms with Crippen LogP contribution in [0, 0.1) is 0 Å². The molecule has 0 fully saturated rings. The van der Waals surface area contributed by atoms with Crippen LogP contribution in [0.15, 0.2) is 70.6 Å². The van der Waals surface area contributed by atoms with E-state index < -0.39 is 0 Å². The standard InChI is InChI=1S/C16H12BrN3OS/c17-13-8-6-12(7-9-13)15(21)10-22-16-18-11-20(19-16)14-4-2-1-3-5-14/h1-9,11H,10H2. The van der Waals surface area contributed by atoms with Gasteiger partial charge in [-0.25, -0.2) is 9.67 Å². The Labute approximate surface area is 140 Å². The van der Waals surface area contributed by atoms with Crippen LogP contribution >= 0.6 is 27.7 Å². The van der Waals surface area contributed by atoms with Crippen molar-refractivity contribution in [3.8, 4) is 5.69 Å². The quantitative estimate of drug-likeness (QED) is 0.500. The van der Waals surface area contributed by atoms with Crippen LogP contribution in [-0.2, 0) is 0 Å². The Hall–Kier alpha value is -1.92. The molecule has 0 aliphatic carbocycles. The predicted molar refractivity (Wildman–Crippen MR) is 90.6 cm³/mol. The third-order valence-electron chi connectivity index (χ3n) is 2.99. The fraction of sp³-hybridized carbons (Fsp3) is 0.0625. The molecule has 0 bridgehead atoms. The Morgan fingerprint density at radius 3 is 2.55 bits per heavy atom. The van der Waals surface area contributed by atoms with Gasteiger partial charge in [-0.1, -0.05) is 58.0 Å². The summed E-state index contributed by atoms with van der Waals surface area (Å²) in [5.41, 5.74) is 1.64. The summed E-state index contributed by atoms with van der Waals surface area (Å²) in [6, 6.07) is 17.1. The van der Waals surface area contributed by atoms with Crippen molar-refractivity contribution in [2.24, 2.45) is 0 Å². The summed E-state index contributed by atoms with van der Waals surface area (Å²) in [5.74, 6) is 0.383. The number of hydrogen-bond acceptors (Lipinski definition) is 4. The summed E-state index contributed by atoms with van der Waals surface area (Å²) < 4.78 is 2.66. The first-order chi connectivity index (χ1) is 10.7. The van der Waals surface area contributed by atoms with Crippen molar-refractivity contribution < 1.29 is 4.79 Å². The van der Waals surface area contributed by atoms with Crippen molar-refractivity contribution in [3.05, 3.63) is 71.0 Å². The molecule has 0 unspecified atom stereocenters. The van der Waals surface area contributed by atoms with Crippen LogP contribution in [0.1, 0.15) is 10.4 Å². The van der Waals surface area contributed by atoms with E-state index in [-0.39, 0.29) is 5.78 Å². The molecule has 0 amide bonds. The van der Waals surface area contributed by atoms with E-state index in [4.69, 9.17) is 0 Å². The second-order valence-electron chi connectivity index (χ2n) is 4.53. The zero-order chi connectivity index (χ0) is 15.4. The molecule has 0 aliphatic rings. The number of carbonyl (C=O) groups is 1. The minimum absolute atomic E-state index is 0.0635. The number of rotatable bonds is 5. The third kappa shape index (κ3) is 3.64. The van der Waals surface area contributed by atoms with Gasteiger partial charge >= 0.3 is 0 Å². The first kappa shape index (κ1) is 15.0. The largest absolute Gasteiger partial charge is 0.293 e. The summed E-state index contributed by atoms with van der Waals surface area (Å²) in [7, 11) is 0. The molecule has 0 spiro atoms. The summed E-state index contributed by atoms with van der Waals surface area (Å²) in [5, 5.41) is 4.96. The lowest BCUT2D eigenvalue weighted by atomic mass is 10.2. The number of hydrogen-bond donors (Lipinski definition) is 0. The number of benzene rings is 2. The summed E-state index contributed by atoms with van der Waals surface area (Å²) in [4.78, 5) is 16.3. The van der Waals surface area contributed by atoms with E-state index in [0.29, 0.717) is 16.5 Å². The molecule has 0 N–H and O–H groups in total. The molecular formula is C16H12BrN3OS. The minimum atomic E-state index is 0.0635. The van der Waals surface area contributed by atoms with Gasteiger partial charge in [0.2, 0.25) is 5.16 Å². The van der Waals surface area contributed by atoms with Crippen LogP contribution in [0.4, 0.5) is 0 Å². The van der Waals surface area contributed by atoms with Crippen molar-refractivity contribution in [1.29, 1.82) is 0 Å². The third-order valence-corrected chi connectivity index (χ3v) is 4.37. The van der Waals surface area contributed by atoms with Gasteiger partial charge in [0.1, 0.15) is 6.33 Å². The van der Waals surface area contributed by atoms with Gasteiger partial charge in [0.05, 0.1) is 11.4 Å². The van der Waals surface area contributed by atoms with Gasteiger partial charge in [0, 0.05) is 10.0 Å². The number of ketones is 1. The maximum absolute atomic E-state index is 12.1. The maximum Gasteiger partial charge on any atom is 0.209 e. The first-order valence-corrected chi connectivity index (χ1v) is 8.39. The van der Waals surface area contributed by atoms with E-state index in [1.54, 1.807) is 11.0 Å². The number of para-hydroxylation sites is 1. The second-order valence-corrected chi connectivity index (χ2v) is 6.38. The van der Waals surface area contributed by atoms with Crippen molar-refractivity contribution in [1.82, 2.24) is 14.8 Å². The first-order valence-electron chi connectivity index (χ1n) is 6.61. The van der Waals surface area contributed by atoms with E-state index >= 15 is 0 Å². The van der Waals surface area contributed by atoms with Crippen molar-refractivity contribution in [3.63, 3.8) is 0 Å². The second kappa shape index (κ2) is 6.89. The minimum Gasteiger partial charge on any atom is -0.293 e. The molecule has 4 nitrogen and oxygen atoms in total. The number of halogens is 1. The summed E-state index contributed by atoms with van der Waals surface area (Å²) >= 11 is 4.69. The number of carbonyl (C=O) groups excluding carboxylic acids is 1. The van der Waals surface area contributed by atoms with Crippen LogP contribution in [0.5, 0.6) is 0 Å². The lowest BCUT2D eigenvalue weighted by Crippen LogP contribution is -2.02. The zero-order valence-corrected chi connectivity index (χ0v) is 13.9. The average Bonchev–Trinajstić information content (AvgIpc) is 3.03. The Balaban J connectivity index is 1.64. The lowest BCUT2D eigenvalue weighted by Gasteiger charge is -2.00. The van der Waals surface area contributed by atoms with E-state index in [2.05, 4.69) is 26.0 Å². The van der Waals surface area contributed by atoms with Crippen molar-refractivity contribution in [2.75, 3.05) is 5.75 Å².